The zero-order chi connectivity index (χ0) is 10.7. The van der Waals surface area contributed by atoms with E-state index in [9.17, 15) is 9.59 Å². The molecule has 0 aliphatic carbocycles. The Morgan fingerprint density at radius 1 is 1.43 bits per heavy atom. The summed E-state index contributed by atoms with van der Waals surface area (Å²) in [6, 6.07) is 0. The van der Waals surface area contributed by atoms with Crippen molar-refractivity contribution in [3.05, 3.63) is 0 Å². The number of carbonyl (C=O) groups is 2. The molecule has 0 saturated carbocycles. The van der Waals surface area contributed by atoms with E-state index in [0.717, 1.165) is 0 Å². The molecule has 1 unspecified atom stereocenters. The van der Waals surface area contributed by atoms with Crippen LogP contribution in [0.4, 0.5) is 0 Å². The average Bonchev–Trinajstić information content (AvgIpc) is 2.16. The van der Waals surface area contributed by atoms with Gasteiger partial charge in [0.05, 0.1) is 13.2 Å². The second-order valence-electron chi connectivity index (χ2n) is 3.91. The van der Waals surface area contributed by atoms with E-state index in [1.165, 1.54) is 6.92 Å². The molecule has 1 aliphatic rings. The lowest BCUT2D eigenvalue weighted by molar-refractivity contribution is -0.147. The van der Waals surface area contributed by atoms with E-state index in [1.807, 2.05) is 13.8 Å². The SMILES string of the molecule is CC(=O)C1CN(C(=O)C(C)C)CCO1. The van der Waals surface area contributed by atoms with Gasteiger partial charge in [-0.25, -0.2) is 0 Å². The van der Waals surface area contributed by atoms with Crippen LogP contribution in [-0.4, -0.2) is 42.4 Å². The van der Waals surface area contributed by atoms with Gasteiger partial charge in [0.2, 0.25) is 5.91 Å². The summed E-state index contributed by atoms with van der Waals surface area (Å²) in [6.07, 6.45) is -0.425. The molecule has 0 radical (unpaired) electrons. The van der Waals surface area contributed by atoms with Crippen molar-refractivity contribution in [2.75, 3.05) is 19.7 Å². The molecule has 14 heavy (non-hydrogen) atoms. The Bertz CT molecular complexity index is 238. The van der Waals surface area contributed by atoms with Crippen molar-refractivity contribution in [2.24, 2.45) is 5.92 Å². The zero-order valence-corrected chi connectivity index (χ0v) is 8.95. The summed E-state index contributed by atoms with van der Waals surface area (Å²) in [4.78, 5) is 24.4. The molecule has 0 aromatic rings. The van der Waals surface area contributed by atoms with Gasteiger partial charge in [0.25, 0.3) is 0 Å². The molecule has 1 rings (SSSR count). The summed E-state index contributed by atoms with van der Waals surface area (Å²) in [6.45, 7) is 6.69. The van der Waals surface area contributed by atoms with Crippen LogP contribution < -0.4 is 0 Å². The third kappa shape index (κ3) is 2.54. The van der Waals surface area contributed by atoms with Crippen molar-refractivity contribution in [3.8, 4) is 0 Å². The number of nitrogens with zero attached hydrogens (tertiary/aromatic N) is 1. The Labute approximate surface area is 84.2 Å². The summed E-state index contributed by atoms with van der Waals surface area (Å²) < 4.78 is 5.26. The molecule has 1 saturated heterocycles. The Balaban J connectivity index is 2.56. The molecule has 1 heterocycles. The fraction of sp³-hybridized carbons (Fsp3) is 0.800. The van der Waals surface area contributed by atoms with Crippen LogP contribution in [0.3, 0.4) is 0 Å². The minimum Gasteiger partial charge on any atom is -0.367 e. The Kier molecular flexibility index (Phi) is 3.63. The van der Waals surface area contributed by atoms with Crippen molar-refractivity contribution >= 4 is 11.7 Å². The molecule has 4 nitrogen and oxygen atoms in total. The minimum atomic E-state index is -0.425. The smallest absolute Gasteiger partial charge is 0.225 e. The van der Waals surface area contributed by atoms with Crippen LogP contribution in [0.2, 0.25) is 0 Å². The maximum absolute atomic E-state index is 11.6. The van der Waals surface area contributed by atoms with E-state index in [0.29, 0.717) is 19.7 Å². The fourth-order valence-corrected chi connectivity index (χ4v) is 1.46. The summed E-state index contributed by atoms with van der Waals surface area (Å²) in [7, 11) is 0. The van der Waals surface area contributed by atoms with Crippen LogP contribution in [-0.2, 0) is 14.3 Å². The van der Waals surface area contributed by atoms with Gasteiger partial charge in [0.1, 0.15) is 6.10 Å². The second-order valence-corrected chi connectivity index (χ2v) is 3.91. The second kappa shape index (κ2) is 4.55. The van der Waals surface area contributed by atoms with Crippen molar-refractivity contribution in [3.63, 3.8) is 0 Å². The van der Waals surface area contributed by atoms with Gasteiger partial charge in [-0.15, -0.1) is 0 Å². The molecule has 0 bridgehead atoms. The number of hydrogen-bond acceptors (Lipinski definition) is 3. The standard InChI is InChI=1S/C10H17NO3/c1-7(2)10(13)11-4-5-14-9(6-11)8(3)12/h7,9H,4-6H2,1-3H3. The largest absolute Gasteiger partial charge is 0.367 e. The van der Waals surface area contributed by atoms with Crippen molar-refractivity contribution in [2.45, 2.75) is 26.9 Å². The van der Waals surface area contributed by atoms with Crippen LogP contribution in [0.25, 0.3) is 0 Å². The summed E-state index contributed by atoms with van der Waals surface area (Å²) in [5.74, 6) is 0.0755. The normalized spacial score (nSPS) is 22.6. The molecule has 0 spiro atoms. The lowest BCUT2D eigenvalue weighted by Gasteiger charge is -2.32. The molecular weight excluding hydrogens is 182 g/mol. The highest BCUT2D eigenvalue weighted by molar-refractivity contribution is 5.83. The van der Waals surface area contributed by atoms with Gasteiger partial charge in [-0.3, -0.25) is 9.59 Å². The van der Waals surface area contributed by atoms with E-state index in [2.05, 4.69) is 0 Å². The molecule has 1 fully saturated rings. The molecule has 0 aromatic carbocycles. The maximum Gasteiger partial charge on any atom is 0.225 e. The highest BCUT2D eigenvalue weighted by atomic mass is 16.5. The van der Waals surface area contributed by atoms with E-state index in [4.69, 9.17) is 4.74 Å². The molecule has 1 aliphatic heterocycles. The lowest BCUT2D eigenvalue weighted by atomic mass is 10.1. The first-order valence-electron chi connectivity index (χ1n) is 4.93. The van der Waals surface area contributed by atoms with Crippen molar-refractivity contribution in [1.29, 1.82) is 0 Å². The van der Waals surface area contributed by atoms with Crippen LogP contribution in [0.1, 0.15) is 20.8 Å². The average molecular weight is 199 g/mol. The molecule has 0 N–H and O–H groups in total. The summed E-state index contributed by atoms with van der Waals surface area (Å²) in [5, 5.41) is 0. The number of Topliss-reactive ketones (excluding diaryl/α,β-unsaturated/α-hetero) is 1. The third-order valence-corrected chi connectivity index (χ3v) is 2.33. The topological polar surface area (TPSA) is 46.6 Å². The van der Waals surface area contributed by atoms with Gasteiger partial charge in [0, 0.05) is 12.5 Å². The van der Waals surface area contributed by atoms with Crippen LogP contribution in [0, 0.1) is 5.92 Å². The van der Waals surface area contributed by atoms with Crippen molar-refractivity contribution in [1.82, 2.24) is 4.90 Å². The lowest BCUT2D eigenvalue weighted by Crippen LogP contribution is -2.49. The van der Waals surface area contributed by atoms with E-state index in [-0.39, 0.29) is 17.6 Å². The van der Waals surface area contributed by atoms with E-state index in [1.54, 1.807) is 4.90 Å². The molecular formula is C10H17NO3. The Morgan fingerprint density at radius 3 is 2.57 bits per heavy atom. The molecule has 1 atom stereocenters. The van der Waals surface area contributed by atoms with Gasteiger partial charge >= 0.3 is 0 Å². The highest BCUT2D eigenvalue weighted by Crippen LogP contribution is 2.09. The first-order chi connectivity index (χ1) is 6.52. The van der Waals surface area contributed by atoms with Gasteiger partial charge in [-0.1, -0.05) is 13.8 Å². The molecule has 1 amide bonds. The number of ketones is 1. The maximum atomic E-state index is 11.6. The van der Waals surface area contributed by atoms with Crippen LogP contribution >= 0.6 is 0 Å². The van der Waals surface area contributed by atoms with E-state index < -0.39 is 6.10 Å². The molecule has 0 aromatic heterocycles. The van der Waals surface area contributed by atoms with Crippen molar-refractivity contribution < 1.29 is 14.3 Å². The fourth-order valence-electron chi connectivity index (χ4n) is 1.46. The van der Waals surface area contributed by atoms with Gasteiger partial charge < -0.3 is 9.64 Å². The zero-order valence-electron chi connectivity index (χ0n) is 8.95. The van der Waals surface area contributed by atoms with Crippen LogP contribution in [0.15, 0.2) is 0 Å². The first kappa shape index (κ1) is 11.2. The summed E-state index contributed by atoms with van der Waals surface area (Å²) in [5.41, 5.74) is 0. The Morgan fingerprint density at radius 2 is 2.07 bits per heavy atom. The van der Waals surface area contributed by atoms with Gasteiger partial charge in [-0.2, -0.15) is 0 Å². The van der Waals surface area contributed by atoms with E-state index >= 15 is 0 Å². The summed E-state index contributed by atoms with van der Waals surface area (Å²) >= 11 is 0. The predicted molar refractivity (Wildman–Crippen MR) is 51.8 cm³/mol. The van der Waals surface area contributed by atoms with Crippen LogP contribution in [0.5, 0.6) is 0 Å². The molecule has 80 valence electrons. The third-order valence-electron chi connectivity index (χ3n) is 2.33. The quantitative estimate of drug-likeness (QED) is 0.649. The number of morpholine rings is 1. The molecule has 4 heteroatoms. The number of rotatable bonds is 2. The number of ether oxygens (including phenoxy) is 1. The van der Waals surface area contributed by atoms with Gasteiger partial charge in [-0.05, 0) is 6.92 Å². The predicted octanol–water partition coefficient (Wildman–Crippen LogP) is 0.459. The van der Waals surface area contributed by atoms with Gasteiger partial charge in [0.15, 0.2) is 5.78 Å². The first-order valence-corrected chi connectivity index (χ1v) is 4.93. The number of amides is 1. The number of hydrogen-bond donors (Lipinski definition) is 0. The Hall–Kier alpha value is -0.900. The highest BCUT2D eigenvalue weighted by Gasteiger charge is 2.27. The number of carbonyl (C=O) groups excluding carboxylic acids is 2. The minimum absolute atomic E-state index is 0.00810. The monoisotopic (exact) mass is 199 g/mol.